The second-order valence-corrected chi connectivity index (χ2v) is 8.78. The molecule has 4 rings (SSSR count). The number of carbonyl (C=O) groups is 1. The summed E-state index contributed by atoms with van der Waals surface area (Å²) < 4.78 is 24.7. The molecule has 6 heteroatoms. The van der Waals surface area contributed by atoms with Gasteiger partial charge in [0, 0.05) is 43.9 Å². The number of hydrogen-bond acceptors (Lipinski definition) is 4. The van der Waals surface area contributed by atoms with Crippen molar-refractivity contribution >= 4 is 5.91 Å². The van der Waals surface area contributed by atoms with Crippen molar-refractivity contribution in [1.82, 2.24) is 9.80 Å². The first kappa shape index (κ1) is 23.8. The number of rotatable bonds is 7. The van der Waals surface area contributed by atoms with E-state index in [4.69, 9.17) is 9.47 Å². The highest BCUT2D eigenvalue weighted by molar-refractivity contribution is 5.94. The number of piperazine rings is 1. The maximum absolute atomic E-state index is 13.2. The number of aryl methyl sites for hydroxylation is 2. The van der Waals surface area contributed by atoms with Crippen LogP contribution in [0.5, 0.6) is 11.5 Å². The molecule has 1 amide bonds. The lowest BCUT2D eigenvalue weighted by Gasteiger charge is -2.35. The molecule has 5 nitrogen and oxygen atoms in total. The van der Waals surface area contributed by atoms with Crippen LogP contribution in [0.25, 0.3) is 0 Å². The lowest BCUT2D eigenvalue weighted by molar-refractivity contribution is 0.0628. The van der Waals surface area contributed by atoms with Gasteiger partial charge in [-0.15, -0.1) is 0 Å². The zero-order valence-electron chi connectivity index (χ0n) is 20.0. The number of ether oxygens (including phenoxy) is 2. The molecule has 0 radical (unpaired) electrons. The van der Waals surface area contributed by atoms with E-state index in [2.05, 4.69) is 11.0 Å². The topological polar surface area (TPSA) is 42.0 Å². The van der Waals surface area contributed by atoms with Gasteiger partial charge in [-0.3, -0.25) is 9.69 Å². The molecule has 0 unspecified atom stereocenters. The molecule has 0 atom stereocenters. The summed E-state index contributed by atoms with van der Waals surface area (Å²) in [7, 11) is 1.62. The number of amides is 1. The van der Waals surface area contributed by atoms with E-state index in [1.54, 1.807) is 7.11 Å². The van der Waals surface area contributed by atoms with Gasteiger partial charge in [0.05, 0.1) is 7.11 Å². The van der Waals surface area contributed by atoms with Crippen LogP contribution >= 0.6 is 0 Å². The largest absolute Gasteiger partial charge is 0.496 e. The molecule has 0 aliphatic carbocycles. The standard InChI is InChI=1S/C28H31FN2O3/c1-20-4-5-21(2)27(16-20)34-19-24-17-23(8-11-26(24)33-3)28(32)31-14-12-30(13-15-31)18-22-6-9-25(29)10-7-22/h4-11,16-17H,12-15,18-19H2,1-3H3. The summed E-state index contributed by atoms with van der Waals surface area (Å²) in [6, 6.07) is 18.2. The number of nitrogens with zero attached hydrogens (tertiary/aromatic N) is 2. The molecule has 0 N–H and O–H groups in total. The summed E-state index contributed by atoms with van der Waals surface area (Å²) >= 11 is 0. The van der Waals surface area contributed by atoms with Gasteiger partial charge in [-0.2, -0.15) is 0 Å². The zero-order valence-corrected chi connectivity index (χ0v) is 20.0. The number of benzene rings is 3. The average molecular weight is 463 g/mol. The van der Waals surface area contributed by atoms with Crippen molar-refractivity contribution in [2.24, 2.45) is 0 Å². The Balaban J connectivity index is 1.39. The van der Waals surface area contributed by atoms with E-state index >= 15 is 0 Å². The highest BCUT2D eigenvalue weighted by Gasteiger charge is 2.23. The number of methoxy groups -OCH3 is 1. The van der Waals surface area contributed by atoms with Crippen LogP contribution in [0.4, 0.5) is 4.39 Å². The van der Waals surface area contributed by atoms with Gasteiger partial charge in [0.25, 0.3) is 5.91 Å². The van der Waals surface area contributed by atoms with E-state index in [0.29, 0.717) is 31.0 Å². The molecule has 34 heavy (non-hydrogen) atoms. The molecule has 3 aromatic carbocycles. The molecule has 1 saturated heterocycles. The second-order valence-electron chi connectivity index (χ2n) is 8.78. The van der Waals surface area contributed by atoms with Crippen LogP contribution in [0.2, 0.25) is 0 Å². The van der Waals surface area contributed by atoms with Crippen molar-refractivity contribution in [3.05, 3.63) is 94.3 Å². The summed E-state index contributed by atoms with van der Waals surface area (Å²) in [5.41, 5.74) is 4.74. The van der Waals surface area contributed by atoms with Gasteiger partial charge in [-0.25, -0.2) is 4.39 Å². The summed E-state index contributed by atoms with van der Waals surface area (Å²) in [5.74, 6) is 1.32. The van der Waals surface area contributed by atoms with Crippen LogP contribution in [0.1, 0.15) is 32.6 Å². The monoisotopic (exact) mass is 462 g/mol. The van der Waals surface area contributed by atoms with Gasteiger partial charge in [0.1, 0.15) is 23.9 Å². The summed E-state index contributed by atoms with van der Waals surface area (Å²) in [6.07, 6.45) is 0. The molecule has 1 aliphatic rings. The first-order chi connectivity index (χ1) is 16.4. The predicted octanol–water partition coefficient (Wildman–Crippen LogP) is 4.99. The van der Waals surface area contributed by atoms with E-state index in [-0.39, 0.29) is 11.7 Å². The van der Waals surface area contributed by atoms with E-state index in [1.165, 1.54) is 12.1 Å². The number of hydrogen-bond donors (Lipinski definition) is 0. The van der Waals surface area contributed by atoms with Gasteiger partial charge in [0.15, 0.2) is 0 Å². The smallest absolute Gasteiger partial charge is 0.253 e. The first-order valence-corrected chi connectivity index (χ1v) is 11.6. The van der Waals surface area contributed by atoms with Crippen molar-refractivity contribution in [2.45, 2.75) is 27.0 Å². The third kappa shape index (κ3) is 5.75. The Labute approximate surface area is 200 Å². The van der Waals surface area contributed by atoms with Crippen LogP contribution in [0.15, 0.2) is 60.7 Å². The minimum atomic E-state index is -0.225. The van der Waals surface area contributed by atoms with Crippen LogP contribution in [0, 0.1) is 19.7 Å². The first-order valence-electron chi connectivity index (χ1n) is 11.6. The van der Waals surface area contributed by atoms with Gasteiger partial charge < -0.3 is 14.4 Å². The summed E-state index contributed by atoms with van der Waals surface area (Å²) in [5, 5.41) is 0. The Hall–Kier alpha value is -3.38. The lowest BCUT2D eigenvalue weighted by atomic mass is 10.1. The quantitative estimate of drug-likeness (QED) is 0.496. The fourth-order valence-electron chi connectivity index (χ4n) is 4.18. The van der Waals surface area contributed by atoms with Gasteiger partial charge in [0.2, 0.25) is 0 Å². The van der Waals surface area contributed by atoms with E-state index in [9.17, 15) is 9.18 Å². The molecular formula is C28H31FN2O3. The Morgan fingerprint density at radius 2 is 1.65 bits per heavy atom. The fourth-order valence-corrected chi connectivity index (χ4v) is 4.18. The molecule has 0 saturated carbocycles. The van der Waals surface area contributed by atoms with Crippen LogP contribution in [-0.4, -0.2) is 49.0 Å². The molecule has 1 aliphatic heterocycles. The van der Waals surface area contributed by atoms with Crippen molar-refractivity contribution in [3.63, 3.8) is 0 Å². The van der Waals surface area contributed by atoms with E-state index in [1.807, 2.05) is 61.2 Å². The Bertz CT molecular complexity index is 1140. The predicted molar refractivity (Wildman–Crippen MR) is 131 cm³/mol. The summed E-state index contributed by atoms with van der Waals surface area (Å²) in [4.78, 5) is 17.4. The Morgan fingerprint density at radius 3 is 2.35 bits per heavy atom. The van der Waals surface area contributed by atoms with E-state index in [0.717, 1.165) is 47.6 Å². The van der Waals surface area contributed by atoms with Crippen molar-refractivity contribution in [3.8, 4) is 11.5 Å². The lowest BCUT2D eigenvalue weighted by Crippen LogP contribution is -2.48. The molecule has 178 valence electrons. The van der Waals surface area contributed by atoms with E-state index < -0.39 is 0 Å². The van der Waals surface area contributed by atoms with Crippen molar-refractivity contribution in [2.75, 3.05) is 33.3 Å². The van der Waals surface area contributed by atoms with Crippen molar-refractivity contribution in [1.29, 1.82) is 0 Å². The Kier molecular flexibility index (Phi) is 7.48. The highest BCUT2D eigenvalue weighted by Crippen LogP contribution is 2.25. The highest BCUT2D eigenvalue weighted by atomic mass is 19.1. The second kappa shape index (κ2) is 10.7. The minimum absolute atomic E-state index is 0.0112. The number of halogens is 1. The maximum Gasteiger partial charge on any atom is 0.253 e. The van der Waals surface area contributed by atoms with Crippen LogP contribution in [-0.2, 0) is 13.2 Å². The molecule has 1 fully saturated rings. The summed E-state index contributed by atoms with van der Waals surface area (Å²) in [6.45, 7) is 7.99. The third-order valence-electron chi connectivity index (χ3n) is 6.23. The van der Waals surface area contributed by atoms with Crippen LogP contribution in [0.3, 0.4) is 0 Å². The molecule has 1 heterocycles. The fraction of sp³-hybridized carbons (Fsp3) is 0.321. The number of carbonyl (C=O) groups excluding carboxylic acids is 1. The third-order valence-corrected chi connectivity index (χ3v) is 6.23. The minimum Gasteiger partial charge on any atom is -0.496 e. The molecular weight excluding hydrogens is 431 g/mol. The van der Waals surface area contributed by atoms with Gasteiger partial charge in [-0.05, 0) is 66.9 Å². The zero-order chi connectivity index (χ0) is 24.1. The average Bonchev–Trinajstić information content (AvgIpc) is 2.86. The maximum atomic E-state index is 13.2. The normalized spacial score (nSPS) is 14.2. The van der Waals surface area contributed by atoms with Gasteiger partial charge >= 0.3 is 0 Å². The molecule has 3 aromatic rings. The van der Waals surface area contributed by atoms with Crippen LogP contribution < -0.4 is 9.47 Å². The molecule has 0 spiro atoms. The van der Waals surface area contributed by atoms with Gasteiger partial charge in [-0.1, -0.05) is 24.3 Å². The van der Waals surface area contributed by atoms with Crippen molar-refractivity contribution < 1.29 is 18.7 Å². The molecule has 0 bridgehead atoms. The SMILES string of the molecule is COc1ccc(C(=O)N2CCN(Cc3ccc(F)cc3)CC2)cc1COc1cc(C)ccc1C. The molecule has 0 aromatic heterocycles. The Morgan fingerprint density at radius 1 is 0.912 bits per heavy atom.